The Balaban J connectivity index is 1.08. The maximum Gasteiger partial charge on any atom is 0.243 e. The van der Waals surface area contributed by atoms with Gasteiger partial charge in [-0.25, -0.2) is 4.98 Å². The van der Waals surface area contributed by atoms with E-state index in [0.29, 0.717) is 19.5 Å². The van der Waals surface area contributed by atoms with Crippen LogP contribution in [0.2, 0.25) is 0 Å². The van der Waals surface area contributed by atoms with Gasteiger partial charge in [0.15, 0.2) is 5.82 Å². The Morgan fingerprint density at radius 1 is 1.28 bits per heavy atom. The van der Waals surface area contributed by atoms with Crippen molar-refractivity contribution in [3.8, 4) is 0 Å². The number of carbonyl (C=O) groups is 1. The minimum absolute atomic E-state index is 0.191. The smallest absolute Gasteiger partial charge is 0.243 e. The number of carbonyl (C=O) groups excluding carboxylic acids is 1. The first-order chi connectivity index (χ1) is 14.2. The molecule has 2 aliphatic heterocycles. The summed E-state index contributed by atoms with van der Waals surface area (Å²) in [6.45, 7) is 2.44. The zero-order valence-electron chi connectivity index (χ0n) is 16.7. The highest BCUT2D eigenvalue weighted by Gasteiger charge is 2.36. The van der Waals surface area contributed by atoms with E-state index in [1.165, 1.54) is 6.42 Å². The fraction of sp³-hybridized carbons (Fsp3) is 0.524. The molecule has 0 saturated carbocycles. The van der Waals surface area contributed by atoms with Crippen LogP contribution < -0.4 is 0 Å². The highest BCUT2D eigenvalue weighted by atomic mass is 16.5. The monoisotopic (exact) mass is 394 g/mol. The van der Waals surface area contributed by atoms with Crippen molar-refractivity contribution in [2.24, 2.45) is 0 Å². The molecular formula is C21H26N6O2. The lowest BCUT2D eigenvalue weighted by atomic mass is 9.98. The van der Waals surface area contributed by atoms with E-state index >= 15 is 0 Å². The lowest BCUT2D eigenvalue weighted by Gasteiger charge is -2.37. The molecule has 152 valence electrons. The molecule has 3 aromatic rings. The molecule has 2 aromatic heterocycles. The van der Waals surface area contributed by atoms with Crippen molar-refractivity contribution < 1.29 is 9.32 Å². The fourth-order valence-corrected chi connectivity index (χ4v) is 4.31. The summed E-state index contributed by atoms with van der Waals surface area (Å²) in [5.74, 6) is 2.79. The molecule has 1 atom stereocenters. The summed E-state index contributed by atoms with van der Waals surface area (Å²) >= 11 is 0. The van der Waals surface area contributed by atoms with Gasteiger partial charge in [-0.3, -0.25) is 9.69 Å². The number of hydrogen-bond donors (Lipinski definition) is 1. The summed E-state index contributed by atoms with van der Waals surface area (Å²) < 4.78 is 5.49. The predicted octanol–water partition coefficient (Wildman–Crippen LogP) is 2.66. The van der Waals surface area contributed by atoms with Crippen molar-refractivity contribution in [1.29, 1.82) is 0 Å². The van der Waals surface area contributed by atoms with Gasteiger partial charge in [0.1, 0.15) is 5.82 Å². The highest BCUT2D eigenvalue weighted by Crippen LogP contribution is 2.31. The van der Waals surface area contributed by atoms with Crippen molar-refractivity contribution in [2.45, 2.75) is 44.1 Å². The Morgan fingerprint density at radius 3 is 2.93 bits per heavy atom. The predicted molar refractivity (Wildman–Crippen MR) is 107 cm³/mol. The number of hydrogen-bond acceptors (Lipinski definition) is 6. The third-order valence-corrected chi connectivity index (χ3v) is 6.10. The minimum atomic E-state index is 0.191. The lowest BCUT2D eigenvalue weighted by molar-refractivity contribution is -0.135. The number of H-pyrrole nitrogens is 1. The number of aryl methyl sites for hydroxylation is 1. The number of nitrogens with zero attached hydrogens (tertiary/aromatic N) is 5. The van der Waals surface area contributed by atoms with Gasteiger partial charge in [0, 0.05) is 25.9 Å². The van der Waals surface area contributed by atoms with Crippen molar-refractivity contribution in [3.05, 3.63) is 41.8 Å². The number of aromatic nitrogens is 4. The number of benzene rings is 1. The molecule has 0 radical (unpaired) electrons. The van der Waals surface area contributed by atoms with Crippen LogP contribution in [0.3, 0.4) is 0 Å². The average molecular weight is 394 g/mol. The van der Waals surface area contributed by atoms with Gasteiger partial charge in [-0.1, -0.05) is 17.3 Å². The van der Waals surface area contributed by atoms with Gasteiger partial charge in [0.05, 0.1) is 23.0 Å². The molecule has 0 aliphatic carbocycles. The van der Waals surface area contributed by atoms with E-state index in [4.69, 9.17) is 4.52 Å². The zero-order chi connectivity index (χ0) is 19.8. The molecule has 0 bridgehead atoms. The van der Waals surface area contributed by atoms with E-state index in [1.54, 1.807) is 0 Å². The molecular weight excluding hydrogens is 368 g/mol. The van der Waals surface area contributed by atoms with Crippen LogP contribution in [0.25, 0.3) is 11.0 Å². The SMILES string of the molecule is CN1CCCC1c1nc(C2CN(C(=O)CCCc3nc4ccccc4[nH]3)C2)no1. The highest BCUT2D eigenvalue weighted by molar-refractivity contribution is 5.77. The molecule has 1 unspecified atom stereocenters. The van der Waals surface area contributed by atoms with Gasteiger partial charge < -0.3 is 14.4 Å². The lowest BCUT2D eigenvalue weighted by Crippen LogP contribution is -2.48. The first-order valence-corrected chi connectivity index (χ1v) is 10.4. The van der Waals surface area contributed by atoms with E-state index in [2.05, 4.69) is 32.1 Å². The second-order valence-corrected chi connectivity index (χ2v) is 8.18. The summed E-state index contributed by atoms with van der Waals surface area (Å²) in [6, 6.07) is 8.23. The van der Waals surface area contributed by atoms with Gasteiger partial charge in [0.25, 0.3) is 0 Å². The number of imidazole rings is 1. The average Bonchev–Trinajstić information content (AvgIpc) is 3.39. The summed E-state index contributed by atoms with van der Waals surface area (Å²) in [5.41, 5.74) is 2.02. The van der Waals surface area contributed by atoms with Crippen LogP contribution in [0.15, 0.2) is 28.8 Å². The summed E-state index contributed by atoms with van der Waals surface area (Å²) in [6.07, 6.45) is 4.34. The number of amides is 1. The summed E-state index contributed by atoms with van der Waals surface area (Å²) in [7, 11) is 2.09. The number of fused-ring (bicyclic) bond motifs is 1. The number of rotatable bonds is 6. The molecule has 8 heteroatoms. The minimum Gasteiger partial charge on any atom is -0.342 e. The molecule has 5 rings (SSSR count). The molecule has 29 heavy (non-hydrogen) atoms. The molecule has 4 heterocycles. The van der Waals surface area contributed by atoms with Gasteiger partial charge in [-0.15, -0.1) is 0 Å². The fourth-order valence-electron chi connectivity index (χ4n) is 4.31. The van der Waals surface area contributed by atoms with E-state index in [1.807, 2.05) is 29.2 Å². The Morgan fingerprint density at radius 2 is 2.14 bits per heavy atom. The second-order valence-electron chi connectivity index (χ2n) is 8.18. The molecule has 2 aliphatic rings. The molecule has 2 saturated heterocycles. The molecule has 1 aromatic carbocycles. The first kappa shape index (κ1) is 18.3. The van der Waals surface area contributed by atoms with Crippen LogP contribution in [0, 0.1) is 0 Å². The normalized spacial score (nSPS) is 20.4. The van der Waals surface area contributed by atoms with Crippen LogP contribution in [0.5, 0.6) is 0 Å². The summed E-state index contributed by atoms with van der Waals surface area (Å²) in [4.78, 5) is 29.1. The van der Waals surface area contributed by atoms with E-state index in [-0.39, 0.29) is 17.9 Å². The number of aromatic amines is 1. The zero-order valence-corrected chi connectivity index (χ0v) is 16.7. The van der Waals surface area contributed by atoms with Crippen molar-refractivity contribution in [2.75, 3.05) is 26.7 Å². The number of para-hydroxylation sites is 2. The van der Waals surface area contributed by atoms with Crippen molar-refractivity contribution in [3.63, 3.8) is 0 Å². The van der Waals surface area contributed by atoms with Crippen LogP contribution in [-0.4, -0.2) is 62.5 Å². The topological polar surface area (TPSA) is 91.2 Å². The Bertz CT molecular complexity index is 972. The Labute approximate surface area is 169 Å². The Kier molecular flexibility index (Phi) is 4.79. The molecule has 1 N–H and O–H groups in total. The van der Waals surface area contributed by atoms with Crippen molar-refractivity contribution >= 4 is 16.9 Å². The molecule has 8 nitrogen and oxygen atoms in total. The van der Waals surface area contributed by atoms with Crippen LogP contribution >= 0.6 is 0 Å². The van der Waals surface area contributed by atoms with E-state index in [0.717, 1.165) is 54.4 Å². The van der Waals surface area contributed by atoms with Crippen LogP contribution in [-0.2, 0) is 11.2 Å². The maximum absolute atomic E-state index is 12.4. The largest absolute Gasteiger partial charge is 0.342 e. The molecule has 2 fully saturated rings. The van der Waals surface area contributed by atoms with Gasteiger partial charge in [-0.05, 0) is 45.0 Å². The maximum atomic E-state index is 12.4. The van der Waals surface area contributed by atoms with Gasteiger partial charge >= 0.3 is 0 Å². The number of nitrogens with one attached hydrogen (secondary N) is 1. The molecule has 0 spiro atoms. The quantitative estimate of drug-likeness (QED) is 0.691. The van der Waals surface area contributed by atoms with E-state index < -0.39 is 0 Å². The second kappa shape index (κ2) is 7.59. The van der Waals surface area contributed by atoms with Crippen LogP contribution in [0.4, 0.5) is 0 Å². The summed E-state index contributed by atoms with van der Waals surface area (Å²) in [5, 5.41) is 4.17. The number of likely N-dealkylation sites (tertiary alicyclic amines) is 2. The van der Waals surface area contributed by atoms with Gasteiger partial charge in [0.2, 0.25) is 11.8 Å². The van der Waals surface area contributed by atoms with Crippen molar-refractivity contribution in [1.82, 2.24) is 29.9 Å². The van der Waals surface area contributed by atoms with Gasteiger partial charge in [-0.2, -0.15) is 4.98 Å². The van der Waals surface area contributed by atoms with E-state index in [9.17, 15) is 4.79 Å². The standard InChI is InChI=1S/C21H26N6O2/c1-26-11-5-8-17(26)21-24-20(25-29-21)14-12-27(13-14)19(28)10-4-9-18-22-15-6-2-3-7-16(15)23-18/h2-3,6-7,14,17H,4-5,8-13H2,1H3,(H,22,23). The molecule has 1 amide bonds. The third-order valence-electron chi connectivity index (χ3n) is 6.10. The van der Waals surface area contributed by atoms with Crippen LogP contribution in [0.1, 0.15) is 55.2 Å². The first-order valence-electron chi connectivity index (χ1n) is 10.4. The third kappa shape index (κ3) is 3.64. The Hall–Kier alpha value is -2.74.